The predicted molar refractivity (Wildman–Crippen MR) is 85.7 cm³/mol. The normalized spacial score (nSPS) is 29.5. The molecule has 2 N–H and O–H groups in total. The fourth-order valence-corrected chi connectivity index (χ4v) is 2.58. The minimum Gasteiger partial charge on any atom is -0.456 e. The maximum absolute atomic E-state index is 12.1. The van der Waals surface area contributed by atoms with Crippen molar-refractivity contribution in [3.63, 3.8) is 0 Å². The molecule has 0 saturated carbocycles. The first-order valence-corrected chi connectivity index (χ1v) is 8.05. The topological polar surface area (TPSA) is 120 Å². The predicted octanol–water partition coefficient (Wildman–Crippen LogP) is 0.523. The van der Waals surface area contributed by atoms with Crippen LogP contribution >= 0.6 is 0 Å². The molecule has 25 heavy (non-hydrogen) atoms. The lowest BCUT2D eigenvalue weighted by Crippen LogP contribution is -2.65. The fourth-order valence-electron chi connectivity index (χ4n) is 2.58. The van der Waals surface area contributed by atoms with Gasteiger partial charge in [-0.3, -0.25) is 9.59 Å². The van der Waals surface area contributed by atoms with E-state index in [1.54, 1.807) is 27.7 Å². The highest BCUT2D eigenvalue weighted by molar-refractivity contribution is 5.69. The Balaban J connectivity index is 3.06. The van der Waals surface area contributed by atoms with Crippen molar-refractivity contribution >= 4 is 18.0 Å². The van der Waals surface area contributed by atoms with E-state index in [9.17, 15) is 19.5 Å². The molecule has 9 nitrogen and oxygen atoms in total. The third-order valence-electron chi connectivity index (χ3n) is 3.41. The van der Waals surface area contributed by atoms with E-state index < -0.39 is 60.7 Å². The van der Waals surface area contributed by atoms with Crippen LogP contribution in [0.15, 0.2) is 0 Å². The molecule has 1 fully saturated rings. The molecule has 144 valence electrons. The van der Waals surface area contributed by atoms with E-state index in [0.29, 0.717) is 0 Å². The van der Waals surface area contributed by atoms with Crippen molar-refractivity contribution in [2.75, 3.05) is 6.61 Å². The van der Waals surface area contributed by atoms with E-state index >= 15 is 0 Å². The van der Waals surface area contributed by atoms with Crippen molar-refractivity contribution in [2.24, 2.45) is 0 Å². The van der Waals surface area contributed by atoms with Gasteiger partial charge in [0.15, 0.2) is 12.2 Å². The summed E-state index contributed by atoms with van der Waals surface area (Å²) in [6.45, 7) is 8.71. The van der Waals surface area contributed by atoms with Crippen LogP contribution in [0.3, 0.4) is 0 Å². The molecule has 0 aliphatic carbocycles. The Kier molecular flexibility index (Phi) is 7.18. The quantitative estimate of drug-likeness (QED) is 0.549. The number of hydrogen-bond acceptors (Lipinski definition) is 8. The Morgan fingerprint density at radius 3 is 2.04 bits per heavy atom. The zero-order valence-electron chi connectivity index (χ0n) is 15.4. The molecule has 0 aromatic heterocycles. The van der Waals surface area contributed by atoms with Crippen molar-refractivity contribution in [1.29, 1.82) is 0 Å². The minimum absolute atomic E-state index is 0.445. The van der Waals surface area contributed by atoms with Gasteiger partial charge in [0.25, 0.3) is 0 Å². The second-order valence-electron chi connectivity index (χ2n) is 6.88. The van der Waals surface area contributed by atoms with Gasteiger partial charge in [-0.25, -0.2) is 4.79 Å². The molecule has 9 heteroatoms. The van der Waals surface area contributed by atoms with Crippen molar-refractivity contribution in [3.8, 4) is 0 Å². The SMILES string of the molecule is CC(=O)O[C@H]1[C@H](OC(C)=O)[C@@H](NC(=O)OC(C)(C)C)C(C)O[C@@H]1CO. The van der Waals surface area contributed by atoms with Crippen LogP contribution in [-0.2, 0) is 28.5 Å². The highest BCUT2D eigenvalue weighted by Crippen LogP contribution is 2.26. The maximum Gasteiger partial charge on any atom is 0.408 e. The first kappa shape index (κ1) is 21.2. The zero-order chi connectivity index (χ0) is 19.4. The molecule has 0 radical (unpaired) electrons. The molecule has 0 spiro atoms. The summed E-state index contributed by atoms with van der Waals surface area (Å²) in [4.78, 5) is 35.0. The van der Waals surface area contributed by atoms with E-state index in [0.717, 1.165) is 0 Å². The molecule has 1 aliphatic rings. The number of nitrogens with one attached hydrogen (secondary N) is 1. The molecule has 0 aromatic rings. The summed E-state index contributed by atoms with van der Waals surface area (Å²) >= 11 is 0. The van der Waals surface area contributed by atoms with Gasteiger partial charge in [-0.1, -0.05) is 0 Å². The van der Waals surface area contributed by atoms with Gasteiger partial charge in [-0.15, -0.1) is 0 Å². The Labute approximate surface area is 146 Å². The Morgan fingerprint density at radius 1 is 1.08 bits per heavy atom. The summed E-state index contributed by atoms with van der Waals surface area (Å²) < 4.78 is 21.3. The van der Waals surface area contributed by atoms with E-state index in [4.69, 9.17) is 18.9 Å². The van der Waals surface area contributed by atoms with E-state index in [1.165, 1.54) is 13.8 Å². The van der Waals surface area contributed by atoms with Gasteiger partial charge in [-0.2, -0.15) is 0 Å². The molecule has 1 heterocycles. The molecule has 0 bridgehead atoms. The van der Waals surface area contributed by atoms with Crippen LogP contribution in [-0.4, -0.2) is 65.8 Å². The summed E-state index contributed by atoms with van der Waals surface area (Å²) in [5, 5.41) is 12.1. The van der Waals surface area contributed by atoms with Crippen LogP contribution in [0, 0.1) is 0 Å². The van der Waals surface area contributed by atoms with Gasteiger partial charge < -0.3 is 29.4 Å². The van der Waals surface area contributed by atoms with Gasteiger partial charge in [0.1, 0.15) is 11.7 Å². The summed E-state index contributed by atoms with van der Waals surface area (Å²) in [7, 11) is 0. The molecule has 1 amide bonds. The van der Waals surface area contributed by atoms with Crippen molar-refractivity contribution in [1.82, 2.24) is 5.32 Å². The minimum atomic E-state index is -1.07. The highest BCUT2D eigenvalue weighted by Gasteiger charge is 2.49. The summed E-state index contributed by atoms with van der Waals surface area (Å²) in [6.07, 6.45) is -4.34. The first-order valence-electron chi connectivity index (χ1n) is 8.05. The Bertz CT molecular complexity index is 501. The number of ether oxygens (including phenoxy) is 4. The van der Waals surface area contributed by atoms with E-state index in [2.05, 4.69) is 5.32 Å². The maximum atomic E-state index is 12.1. The second-order valence-corrected chi connectivity index (χ2v) is 6.88. The number of rotatable bonds is 4. The van der Waals surface area contributed by atoms with Gasteiger partial charge in [0, 0.05) is 13.8 Å². The smallest absolute Gasteiger partial charge is 0.408 e. The lowest BCUT2D eigenvalue weighted by Gasteiger charge is -2.44. The summed E-state index contributed by atoms with van der Waals surface area (Å²) in [5.41, 5.74) is -0.720. The van der Waals surface area contributed by atoms with E-state index in [1.807, 2.05) is 0 Å². The number of aliphatic hydroxyl groups is 1. The average Bonchev–Trinajstić information content (AvgIpc) is 2.42. The lowest BCUT2D eigenvalue weighted by molar-refractivity contribution is -0.218. The number of esters is 2. The molecular weight excluding hydrogens is 334 g/mol. The zero-order valence-corrected chi connectivity index (χ0v) is 15.4. The third-order valence-corrected chi connectivity index (χ3v) is 3.41. The van der Waals surface area contributed by atoms with Gasteiger partial charge in [-0.05, 0) is 27.7 Å². The number of hydrogen-bond donors (Lipinski definition) is 2. The molecule has 1 aliphatic heterocycles. The summed E-state index contributed by atoms with van der Waals surface area (Å²) in [6, 6.07) is -0.828. The number of aliphatic hydroxyl groups excluding tert-OH is 1. The number of carbonyl (C=O) groups excluding carboxylic acids is 3. The molecule has 1 rings (SSSR count). The Morgan fingerprint density at radius 2 is 1.60 bits per heavy atom. The number of carbonyl (C=O) groups is 3. The van der Waals surface area contributed by atoms with Crippen molar-refractivity contribution < 1.29 is 38.4 Å². The highest BCUT2D eigenvalue weighted by atomic mass is 16.6. The molecule has 1 unspecified atom stereocenters. The third kappa shape index (κ3) is 6.50. The van der Waals surface area contributed by atoms with Crippen LogP contribution in [0.4, 0.5) is 4.79 Å². The van der Waals surface area contributed by atoms with Crippen LogP contribution in [0.2, 0.25) is 0 Å². The number of amides is 1. The number of alkyl carbamates (subject to hydrolysis) is 1. The van der Waals surface area contributed by atoms with Crippen molar-refractivity contribution in [3.05, 3.63) is 0 Å². The van der Waals surface area contributed by atoms with Crippen LogP contribution in [0.5, 0.6) is 0 Å². The fraction of sp³-hybridized carbons (Fsp3) is 0.812. The van der Waals surface area contributed by atoms with Crippen LogP contribution < -0.4 is 5.32 Å². The van der Waals surface area contributed by atoms with Gasteiger partial charge in [0.05, 0.1) is 18.8 Å². The molecular formula is C16H27NO8. The average molecular weight is 361 g/mol. The van der Waals surface area contributed by atoms with E-state index in [-0.39, 0.29) is 0 Å². The first-order chi connectivity index (χ1) is 11.4. The molecule has 1 saturated heterocycles. The van der Waals surface area contributed by atoms with Gasteiger partial charge in [0.2, 0.25) is 0 Å². The molecule has 5 atom stereocenters. The lowest BCUT2D eigenvalue weighted by atomic mass is 9.93. The van der Waals surface area contributed by atoms with Crippen LogP contribution in [0.25, 0.3) is 0 Å². The van der Waals surface area contributed by atoms with Crippen LogP contribution in [0.1, 0.15) is 41.5 Å². The van der Waals surface area contributed by atoms with Crippen molar-refractivity contribution in [2.45, 2.75) is 77.6 Å². The monoisotopic (exact) mass is 361 g/mol. The summed E-state index contributed by atoms with van der Waals surface area (Å²) in [5.74, 6) is -1.25. The Hall–Kier alpha value is -1.87. The molecule has 0 aromatic carbocycles. The standard InChI is InChI=1S/C16H27NO8/c1-8-12(17-15(21)25-16(4,5)6)14(24-10(3)20)13(23-9(2)19)11(7-18)22-8/h8,11-14,18H,7H2,1-6H3,(H,17,21)/t8?,11-,12+,13-,14-/m1/s1. The largest absolute Gasteiger partial charge is 0.456 e. The second kappa shape index (κ2) is 8.48. The van der Waals surface area contributed by atoms with Gasteiger partial charge >= 0.3 is 18.0 Å².